The molecule has 108 valence electrons. The largest absolute Gasteiger partial charge is 0.497 e. The molecule has 0 aliphatic rings. The molecule has 0 N–H and O–H groups in total. The number of benzene rings is 1. The lowest BCUT2D eigenvalue weighted by molar-refractivity contribution is 0.414. The fraction of sp³-hybridized carbons (Fsp3) is 0.353. The van der Waals surface area contributed by atoms with Crippen LogP contribution >= 0.6 is 0 Å². The number of ether oxygens (including phenoxy) is 1. The monoisotopic (exact) mass is 290 g/mol. The van der Waals surface area contributed by atoms with Crippen LogP contribution in [0.25, 0.3) is 0 Å². The maximum absolute atomic E-state index is 12.1. The van der Waals surface area contributed by atoms with E-state index in [-0.39, 0.29) is 0 Å². The highest BCUT2D eigenvalue weighted by atomic mass is 32.2. The molecule has 1 rings (SSSR count). The molecular weight excluding hydrogens is 268 g/mol. The minimum absolute atomic E-state index is 0.760. The molecule has 1 aromatic carbocycles. The SMILES string of the molecule is COc1ccc(S(=O)C=C=C(C)CCC=C(C)C)cc1. The highest BCUT2D eigenvalue weighted by Gasteiger charge is 1.99. The molecule has 1 aromatic rings. The third-order valence-electron chi connectivity index (χ3n) is 2.78. The third-order valence-corrected chi connectivity index (χ3v) is 3.84. The average Bonchev–Trinajstić information content (AvgIpc) is 2.44. The predicted molar refractivity (Wildman–Crippen MR) is 85.3 cm³/mol. The Balaban J connectivity index is 2.67. The van der Waals surface area contributed by atoms with Gasteiger partial charge in [-0.15, -0.1) is 5.73 Å². The van der Waals surface area contributed by atoms with E-state index in [1.54, 1.807) is 12.5 Å². The first-order valence-electron chi connectivity index (χ1n) is 6.63. The van der Waals surface area contributed by atoms with Crippen molar-refractivity contribution in [3.05, 3.63) is 52.6 Å². The van der Waals surface area contributed by atoms with E-state index >= 15 is 0 Å². The molecule has 0 saturated carbocycles. The normalized spacial score (nSPS) is 11.2. The Morgan fingerprint density at radius 3 is 2.45 bits per heavy atom. The van der Waals surface area contributed by atoms with Gasteiger partial charge in [-0.1, -0.05) is 11.6 Å². The van der Waals surface area contributed by atoms with Gasteiger partial charge in [-0.05, 0) is 63.5 Å². The second-order valence-electron chi connectivity index (χ2n) is 4.84. The Morgan fingerprint density at radius 2 is 1.90 bits per heavy atom. The number of methoxy groups -OCH3 is 1. The zero-order chi connectivity index (χ0) is 15.0. The highest BCUT2D eigenvalue weighted by Crippen LogP contribution is 2.15. The van der Waals surface area contributed by atoms with Crippen molar-refractivity contribution in [2.24, 2.45) is 0 Å². The van der Waals surface area contributed by atoms with E-state index in [0.29, 0.717) is 0 Å². The quantitative estimate of drug-likeness (QED) is 0.565. The smallest absolute Gasteiger partial charge is 0.118 e. The van der Waals surface area contributed by atoms with Crippen molar-refractivity contribution in [2.45, 2.75) is 38.5 Å². The maximum atomic E-state index is 12.1. The van der Waals surface area contributed by atoms with E-state index in [0.717, 1.165) is 29.1 Å². The molecule has 3 heteroatoms. The Bertz CT molecular complexity index is 543. The van der Waals surface area contributed by atoms with Crippen LogP contribution in [-0.2, 0) is 10.8 Å². The van der Waals surface area contributed by atoms with Crippen molar-refractivity contribution in [3.63, 3.8) is 0 Å². The van der Waals surface area contributed by atoms with Gasteiger partial charge in [0.2, 0.25) is 0 Å². The van der Waals surface area contributed by atoms with Gasteiger partial charge in [-0.2, -0.15) is 0 Å². The van der Waals surface area contributed by atoms with Crippen LogP contribution in [-0.4, -0.2) is 11.3 Å². The zero-order valence-electron chi connectivity index (χ0n) is 12.6. The molecule has 0 aliphatic carbocycles. The zero-order valence-corrected chi connectivity index (χ0v) is 13.4. The summed E-state index contributed by atoms with van der Waals surface area (Å²) in [6.45, 7) is 6.20. The summed E-state index contributed by atoms with van der Waals surface area (Å²) in [7, 11) is 0.459. The first-order chi connectivity index (χ1) is 9.52. The molecule has 0 fully saturated rings. The van der Waals surface area contributed by atoms with Crippen LogP contribution in [0.1, 0.15) is 33.6 Å². The minimum atomic E-state index is -1.16. The molecule has 0 spiro atoms. The van der Waals surface area contributed by atoms with Crippen LogP contribution in [0.5, 0.6) is 5.75 Å². The Kier molecular flexibility index (Phi) is 7.06. The molecule has 0 aromatic heterocycles. The van der Waals surface area contributed by atoms with Gasteiger partial charge in [0.1, 0.15) is 5.75 Å². The van der Waals surface area contributed by atoms with Gasteiger partial charge in [-0.25, -0.2) is 4.21 Å². The van der Waals surface area contributed by atoms with Crippen molar-refractivity contribution < 1.29 is 8.95 Å². The van der Waals surface area contributed by atoms with Crippen LogP contribution in [0.15, 0.2) is 57.5 Å². The van der Waals surface area contributed by atoms with Gasteiger partial charge >= 0.3 is 0 Å². The lowest BCUT2D eigenvalue weighted by Gasteiger charge is -2.00. The molecule has 0 amide bonds. The van der Waals surface area contributed by atoms with Gasteiger partial charge in [0, 0.05) is 10.3 Å². The first-order valence-corrected chi connectivity index (χ1v) is 7.84. The molecule has 0 bridgehead atoms. The van der Waals surface area contributed by atoms with E-state index in [2.05, 4.69) is 25.7 Å². The van der Waals surface area contributed by atoms with Crippen molar-refractivity contribution in [2.75, 3.05) is 7.11 Å². The molecule has 0 saturated heterocycles. The lowest BCUT2D eigenvalue weighted by atomic mass is 10.1. The maximum Gasteiger partial charge on any atom is 0.118 e. The van der Waals surface area contributed by atoms with E-state index < -0.39 is 10.8 Å². The van der Waals surface area contributed by atoms with E-state index in [1.807, 2.05) is 31.2 Å². The van der Waals surface area contributed by atoms with Crippen LogP contribution < -0.4 is 4.74 Å². The Morgan fingerprint density at radius 1 is 1.25 bits per heavy atom. The number of hydrogen-bond donors (Lipinski definition) is 0. The molecule has 1 unspecified atom stereocenters. The second kappa shape index (κ2) is 8.57. The molecule has 1 atom stereocenters. The van der Waals surface area contributed by atoms with Crippen molar-refractivity contribution in [3.8, 4) is 5.75 Å². The summed E-state index contributed by atoms with van der Waals surface area (Å²) in [6.07, 6.45) is 4.15. The average molecular weight is 290 g/mol. The van der Waals surface area contributed by atoms with Gasteiger partial charge in [0.05, 0.1) is 17.9 Å². The van der Waals surface area contributed by atoms with Crippen LogP contribution in [0.2, 0.25) is 0 Å². The molecule has 20 heavy (non-hydrogen) atoms. The number of allylic oxidation sites excluding steroid dienone is 3. The molecule has 0 heterocycles. The second-order valence-corrected chi connectivity index (χ2v) is 6.14. The number of rotatable bonds is 6. The summed E-state index contributed by atoms with van der Waals surface area (Å²) in [6, 6.07) is 7.25. The predicted octanol–water partition coefficient (Wildman–Crippen LogP) is 4.61. The lowest BCUT2D eigenvalue weighted by Crippen LogP contribution is -1.87. The van der Waals surface area contributed by atoms with Gasteiger partial charge in [0.25, 0.3) is 0 Å². The van der Waals surface area contributed by atoms with Crippen LogP contribution in [0.3, 0.4) is 0 Å². The van der Waals surface area contributed by atoms with Gasteiger partial charge in [-0.3, -0.25) is 0 Å². The van der Waals surface area contributed by atoms with Gasteiger partial charge in [0.15, 0.2) is 0 Å². The first kappa shape index (κ1) is 16.5. The standard InChI is InChI=1S/C17H22O2S/c1-14(2)6-5-7-15(3)12-13-20(18)17-10-8-16(19-4)9-11-17/h6,8-11,13H,5,7H2,1-4H3. The molecular formula is C17H22O2S. The summed E-state index contributed by atoms with van der Waals surface area (Å²) in [5.41, 5.74) is 5.55. The third kappa shape index (κ3) is 6.05. The summed E-state index contributed by atoms with van der Waals surface area (Å²) < 4.78 is 17.1. The Hall–Kier alpha value is -1.57. The van der Waals surface area contributed by atoms with E-state index in [9.17, 15) is 4.21 Å². The van der Waals surface area contributed by atoms with Crippen molar-refractivity contribution >= 4 is 10.8 Å². The molecule has 0 aliphatic heterocycles. The highest BCUT2D eigenvalue weighted by molar-refractivity contribution is 7.88. The topological polar surface area (TPSA) is 26.3 Å². The molecule has 0 radical (unpaired) electrons. The summed E-state index contributed by atoms with van der Waals surface area (Å²) in [5.74, 6) is 0.767. The van der Waals surface area contributed by atoms with Crippen molar-refractivity contribution in [1.29, 1.82) is 0 Å². The van der Waals surface area contributed by atoms with Crippen molar-refractivity contribution in [1.82, 2.24) is 0 Å². The molecule has 2 nitrogen and oxygen atoms in total. The fourth-order valence-corrected chi connectivity index (χ4v) is 2.43. The summed E-state index contributed by atoms with van der Waals surface area (Å²) >= 11 is 0. The fourth-order valence-electron chi connectivity index (χ4n) is 1.58. The van der Waals surface area contributed by atoms with E-state index in [1.165, 1.54) is 5.57 Å². The van der Waals surface area contributed by atoms with E-state index in [4.69, 9.17) is 4.74 Å². The summed E-state index contributed by atoms with van der Waals surface area (Å²) in [5, 5.41) is 1.62. The minimum Gasteiger partial charge on any atom is -0.497 e. The van der Waals surface area contributed by atoms with Crippen LogP contribution in [0, 0.1) is 0 Å². The van der Waals surface area contributed by atoms with Gasteiger partial charge < -0.3 is 4.74 Å². The summed E-state index contributed by atoms with van der Waals surface area (Å²) in [4.78, 5) is 0.760. The number of hydrogen-bond acceptors (Lipinski definition) is 2. The van der Waals surface area contributed by atoms with Crippen LogP contribution in [0.4, 0.5) is 0 Å². The Labute approximate surface area is 124 Å².